The third kappa shape index (κ3) is 3.64. The highest BCUT2D eigenvalue weighted by molar-refractivity contribution is 9.10. The number of nitrogens with one attached hydrogen (secondary N) is 1. The number of rotatable bonds is 6. The molecule has 0 radical (unpaired) electrons. The maximum atomic E-state index is 12.7. The molecule has 5 heteroatoms. The van der Waals surface area contributed by atoms with Crippen LogP contribution in [-0.2, 0) is 4.79 Å². The standard InChI is InChI=1S/C16H20BrNO3/c1-3-5-6-10(4-2)16(20)11-7-14-13(8-12(11)17)18-15(19)9-21-14/h7-8,10H,3-6,9H2,1-2H3,(H,18,19). The molecule has 0 fully saturated rings. The van der Waals surface area contributed by atoms with Gasteiger partial charge in [-0.2, -0.15) is 0 Å². The molecular weight excluding hydrogens is 334 g/mol. The van der Waals surface area contributed by atoms with Crippen LogP contribution in [0.25, 0.3) is 0 Å². The molecule has 0 aliphatic carbocycles. The van der Waals surface area contributed by atoms with E-state index in [1.165, 1.54) is 0 Å². The largest absolute Gasteiger partial charge is 0.482 e. The van der Waals surface area contributed by atoms with Crippen molar-refractivity contribution < 1.29 is 14.3 Å². The van der Waals surface area contributed by atoms with Crippen molar-refractivity contribution in [3.8, 4) is 5.75 Å². The van der Waals surface area contributed by atoms with Gasteiger partial charge in [0.05, 0.1) is 5.69 Å². The van der Waals surface area contributed by atoms with Gasteiger partial charge < -0.3 is 10.1 Å². The summed E-state index contributed by atoms with van der Waals surface area (Å²) in [6.07, 6.45) is 3.89. The Labute approximate surface area is 133 Å². The zero-order valence-corrected chi connectivity index (χ0v) is 14.0. The van der Waals surface area contributed by atoms with Crippen LogP contribution in [0.5, 0.6) is 5.75 Å². The Kier molecular flexibility index (Phi) is 5.39. The van der Waals surface area contributed by atoms with E-state index < -0.39 is 0 Å². The van der Waals surface area contributed by atoms with Crippen LogP contribution in [0.3, 0.4) is 0 Å². The van der Waals surface area contributed by atoms with E-state index in [9.17, 15) is 9.59 Å². The lowest BCUT2D eigenvalue weighted by atomic mass is 9.90. The predicted molar refractivity (Wildman–Crippen MR) is 85.9 cm³/mol. The molecule has 114 valence electrons. The molecular formula is C16H20BrNO3. The number of unbranched alkanes of at least 4 members (excludes halogenated alkanes) is 1. The highest BCUT2D eigenvalue weighted by Gasteiger charge is 2.24. The Morgan fingerprint density at radius 1 is 1.43 bits per heavy atom. The second-order valence-corrected chi connectivity index (χ2v) is 6.13. The van der Waals surface area contributed by atoms with Gasteiger partial charge in [0, 0.05) is 16.0 Å². The van der Waals surface area contributed by atoms with E-state index in [0.717, 1.165) is 25.7 Å². The molecule has 4 nitrogen and oxygen atoms in total. The smallest absolute Gasteiger partial charge is 0.262 e. The number of amides is 1. The summed E-state index contributed by atoms with van der Waals surface area (Å²) in [6.45, 7) is 4.17. The topological polar surface area (TPSA) is 55.4 Å². The third-order valence-electron chi connectivity index (χ3n) is 3.74. The number of ketones is 1. The zero-order chi connectivity index (χ0) is 15.4. The summed E-state index contributed by atoms with van der Waals surface area (Å²) in [5.74, 6) is 0.563. The lowest BCUT2D eigenvalue weighted by molar-refractivity contribution is -0.118. The monoisotopic (exact) mass is 353 g/mol. The minimum Gasteiger partial charge on any atom is -0.482 e. The van der Waals surface area contributed by atoms with Crippen molar-refractivity contribution in [2.45, 2.75) is 39.5 Å². The molecule has 21 heavy (non-hydrogen) atoms. The Bertz CT molecular complexity index is 557. The van der Waals surface area contributed by atoms with Crippen molar-refractivity contribution in [2.75, 3.05) is 11.9 Å². The van der Waals surface area contributed by atoms with E-state index in [-0.39, 0.29) is 24.2 Å². The first-order chi connectivity index (χ1) is 10.1. The Morgan fingerprint density at radius 3 is 2.86 bits per heavy atom. The number of carbonyl (C=O) groups excluding carboxylic acids is 2. The molecule has 1 aliphatic rings. The number of anilines is 1. The molecule has 1 unspecified atom stereocenters. The van der Waals surface area contributed by atoms with Gasteiger partial charge in [-0.05, 0) is 40.9 Å². The first kappa shape index (κ1) is 16.0. The fourth-order valence-corrected chi connectivity index (χ4v) is 3.02. The van der Waals surface area contributed by atoms with Crippen LogP contribution in [0, 0.1) is 5.92 Å². The van der Waals surface area contributed by atoms with Crippen LogP contribution in [0.4, 0.5) is 5.69 Å². The highest BCUT2D eigenvalue weighted by atomic mass is 79.9. The summed E-state index contributed by atoms with van der Waals surface area (Å²) in [7, 11) is 0. The SMILES string of the molecule is CCCCC(CC)C(=O)c1cc2c(cc1Br)NC(=O)CO2. The van der Waals surface area contributed by atoms with Crippen molar-refractivity contribution in [3.05, 3.63) is 22.2 Å². The lowest BCUT2D eigenvalue weighted by Gasteiger charge is -2.21. The number of ether oxygens (including phenoxy) is 1. The summed E-state index contributed by atoms with van der Waals surface area (Å²) >= 11 is 3.43. The van der Waals surface area contributed by atoms with E-state index in [1.54, 1.807) is 12.1 Å². The molecule has 1 amide bonds. The minimum absolute atomic E-state index is 0.00466. The average molecular weight is 354 g/mol. The van der Waals surface area contributed by atoms with Crippen molar-refractivity contribution in [3.63, 3.8) is 0 Å². The Balaban J connectivity index is 2.27. The second-order valence-electron chi connectivity index (χ2n) is 5.28. The zero-order valence-electron chi connectivity index (χ0n) is 12.4. The van der Waals surface area contributed by atoms with Crippen LogP contribution < -0.4 is 10.1 Å². The normalized spacial score (nSPS) is 14.9. The summed E-state index contributed by atoms with van der Waals surface area (Å²) < 4.78 is 6.09. The fourth-order valence-electron chi connectivity index (χ4n) is 2.48. The number of hydrogen-bond donors (Lipinski definition) is 1. The molecule has 0 saturated carbocycles. The minimum atomic E-state index is -0.178. The van der Waals surface area contributed by atoms with E-state index in [1.807, 2.05) is 6.92 Å². The highest BCUT2D eigenvalue weighted by Crippen LogP contribution is 2.35. The van der Waals surface area contributed by atoms with Crippen LogP contribution in [0.2, 0.25) is 0 Å². The van der Waals surface area contributed by atoms with E-state index in [0.29, 0.717) is 21.5 Å². The fraction of sp³-hybridized carbons (Fsp3) is 0.500. The maximum absolute atomic E-state index is 12.7. The Morgan fingerprint density at radius 2 is 2.19 bits per heavy atom. The van der Waals surface area contributed by atoms with Gasteiger partial charge in [0.15, 0.2) is 12.4 Å². The summed E-state index contributed by atoms with van der Waals surface area (Å²) in [5.41, 5.74) is 1.24. The number of carbonyl (C=O) groups is 2. The maximum Gasteiger partial charge on any atom is 0.262 e. The van der Waals surface area contributed by atoms with Crippen LogP contribution in [-0.4, -0.2) is 18.3 Å². The lowest BCUT2D eigenvalue weighted by Crippen LogP contribution is -2.26. The van der Waals surface area contributed by atoms with Gasteiger partial charge >= 0.3 is 0 Å². The quantitative estimate of drug-likeness (QED) is 0.780. The predicted octanol–water partition coefficient (Wildman–Crippen LogP) is 4.18. The van der Waals surface area contributed by atoms with Gasteiger partial charge in [-0.15, -0.1) is 0 Å². The number of halogens is 1. The Hall–Kier alpha value is -1.36. The first-order valence-electron chi connectivity index (χ1n) is 7.37. The molecule has 1 atom stereocenters. The molecule has 1 aliphatic heterocycles. The van der Waals surface area contributed by atoms with Crippen molar-refractivity contribution in [1.82, 2.24) is 0 Å². The van der Waals surface area contributed by atoms with Gasteiger partial charge in [0.25, 0.3) is 5.91 Å². The van der Waals surface area contributed by atoms with Gasteiger partial charge in [-0.3, -0.25) is 9.59 Å². The molecule has 1 heterocycles. The summed E-state index contributed by atoms with van der Waals surface area (Å²) in [5, 5.41) is 2.74. The molecule has 2 rings (SSSR count). The average Bonchev–Trinajstić information content (AvgIpc) is 2.47. The second kappa shape index (κ2) is 7.07. The van der Waals surface area contributed by atoms with E-state index in [4.69, 9.17) is 4.74 Å². The summed E-state index contributed by atoms with van der Waals surface area (Å²) in [4.78, 5) is 24.0. The molecule has 0 bridgehead atoms. The van der Waals surface area contributed by atoms with Gasteiger partial charge in [0.2, 0.25) is 0 Å². The number of benzene rings is 1. The third-order valence-corrected chi connectivity index (χ3v) is 4.39. The molecule has 0 spiro atoms. The van der Waals surface area contributed by atoms with Crippen LogP contribution >= 0.6 is 15.9 Å². The number of Topliss-reactive ketones (excluding diaryl/α,β-unsaturated/α-hetero) is 1. The molecule has 1 aromatic carbocycles. The van der Waals surface area contributed by atoms with E-state index >= 15 is 0 Å². The number of fused-ring (bicyclic) bond motifs is 1. The van der Waals surface area contributed by atoms with E-state index in [2.05, 4.69) is 28.2 Å². The van der Waals surface area contributed by atoms with Crippen LogP contribution in [0.1, 0.15) is 49.9 Å². The molecule has 0 aromatic heterocycles. The molecule has 1 N–H and O–H groups in total. The van der Waals surface area contributed by atoms with Gasteiger partial charge in [0.1, 0.15) is 5.75 Å². The number of hydrogen-bond acceptors (Lipinski definition) is 3. The first-order valence-corrected chi connectivity index (χ1v) is 8.16. The molecule has 0 saturated heterocycles. The van der Waals surface area contributed by atoms with Crippen molar-refractivity contribution in [2.24, 2.45) is 5.92 Å². The molecule has 1 aromatic rings. The van der Waals surface area contributed by atoms with Gasteiger partial charge in [-0.25, -0.2) is 0 Å². The summed E-state index contributed by atoms with van der Waals surface area (Å²) in [6, 6.07) is 3.47. The van der Waals surface area contributed by atoms with Crippen LogP contribution in [0.15, 0.2) is 16.6 Å². The van der Waals surface area contributed by atoms with Gasteiger partial charge in [-0.1, -0.05) is 26.7 Å². The van der Waals surface area contributed by atoms with Crippen molar-refractivity contribution in [1.29, 1.82) is 0 Å². The van der Waals surface area contributed by atoms with Crippen molar-refractivity contribution >= 4 is 33.3 Å².